The number of nitrogens with one attached hydrogen (secondary N) is 1. The molecule has 0 unspecified atom stereocenters. The van der Waals surface area contributed by atoms with Gasteiger partial charge in [-0.3, -0.25) is 5.32 Å². The molecule has 1 N–H and O–H groups in total. The van der Waals surface area contributed by atoms with E-state index in [9.17, 15) is 4.79 Å². The highest BCUT2D eigenvalue weighted by Crippen LogP contribution is 2.07. The second kappa shape index (κ2) is 5.59. The molecule has 0 bridgehead atoms. The quantitative estimate of drug-likeness (QED) is 0.742. The Bertz CT molecular complexity index is 330. The van der Waals surface area contributed by atoms with Gasteiger partial charge in [-0.1, -0.05) is 30.9 Å². The standard InChI is InChI=1S/C11H11NO2/c1-2-3-9-12-11(13)14-10-7-5-4-6-8-10/h2-9H,1H2,(H,12,13)/b9-3+. The first-order valence-corrected chi connectivity index (χ1v) is 4.14. The molecule has 1 aromatic carbocycles. The molecular weight excluding hydrogens is 178 g/mol. The first kappa shape index (κ1) is 10.1. The zero-order valence-electron chi connectivity index (χ0n) is 7.64. The molecule has 72 valence electrons. The molecule has 0 aliphatic carbocycles. The van der Waals surface area contributed by atoms with Crippen molar-refractivity contribution in [3.8, 4) is 5.75 Å². The van der Waals surface area contributed by atoms with Crippen molar-refractivity contribution in [3.05, 3.63) is 55.3 Å². The van der Waals surface area contributed by atoms with E-state index in [1.807, 2.05) is 6.07 Å². The topological polar surface area (TPSA) is 38.3 Å². The lowest BCUT2D eigenvalue weighted by atomic mass is 10.3. The van der Waals surface area contributed by atoms with Crippen LogP contribution in [0.3, 0.4) is 0 Å². The Hall–Kier alpha value is -2.03. The number of amides is 1. The fourth-order valence-corrected chi connectivity index (χ4v) is 0.809. The van der Waals surface area contributed by atoms with Crippen LogP contribution in [0.1, 0.15) is 0 Å². The van der Waals surface area contributed by atoms with Gasteiger partial charge in [0.05, 0.1) is 0 Å². The summed E-state index contributed by atoms with van der Waals surface area (Å²) < 4.78 is 4.93. The highest BCUT2D eigenvalue weighted by molar-refractivity contribution is 5.71. The van der Waals surface area contributed by atoms with Crippen LogP contribution in [0.2, 0.25) is 0 Å². The van der Waals surface area contributed by atoms with Crippen LogP contribution in [0, 0.1) is 0 Å². The third kappa shape index (κ3) is 3.58. The van der Waals surface area contributed by atoms with Crippen molar-refractivity contribution in [2.45, 2.75) is 0 Å². The van der Waals surface area contributed by atoms with Gasteiger partial charge in [0.1, 0.15) is 5.75 Å². The van der Waals surface area contributed by atoms with E-state index in [1.165, 1.54) is 6.20 Å². The van der Waals surface area contributed by atoms with Crippen molar-refractivity contribution in [3.63, 3.8) is 0 Å². The SMILES string of the molecule is C=C/C=C/NC(=O)Oc1ccccc1. The molecule has 0 aliphatic heterocycles. The lowest BCUT2D eigenvalue weighted by Crippen LogP contribution is -2.21. The van der Waals surface area contributed by atoms with Gasteiger partial charge >= 0.3 is 6.09 Å². The number of carbonyl (C=O) groups is 1. The monoisotopic (exact) mass is 189 g/mol. The number of benzene rings is 1. The molecular formula is C11H11NO2. The number of ether oxygens (including phenoxy) is 1. The van der Waals surface area contributed by atoms with E-state index in [0.717, 1.165) is 0 Å². The van der Waals surface area contributed by atoms with Gasteiger partial charge in [0, 0.05) is 6.20 Å². The van der Waals surface area contributed by atoms with Crippen molar-refractivity contribution in [1.29, 1.82) is 0 Å². The Balaban J connectivity index is 2.42. The minimum atomic E-state index is -0.519. The maximum absolute atomic E-state index is 11.1. The minimum Gasteiger partial charge on any atom is -0.410 e. The average Bonchev–Trinajstić information content (AvgIpc) is 2.20. The molecule has 1 rings (SSSR count). The summed E-state index contributed by atoms with van der Waals surface area (Å²) in [5.41, 5.74) is 0. The Morgan fingerprint density at radius 2 is 2.07 bits per heavy atom. The van der Waals surface area contributed by atoms with E-state index in [4.69, 9.17) is 4.74 Å². The van der Waals surface area contributed by atoms with Gasteiger partial charge in [-0.2, -0.15) is 0 Å². The van der Waals surface area contributed by atoms with E-state index in [-0.39, 0.29) is 0 Å². The Kier molecular flexibility index (Phi) is 4.01. The van der Waals surface area contributed by atoms with E-state index >= 15 is 0 Å². The molecule has 0 aliphatic rings. The molecule has 0 spiro atoms. The Morgan fingerprint density at radius 3 is 2.71 bits per heavy atom. The van der Waals surface area contributed by atoms with E-state index in [0.29, 0.717) is 5.75 Å². The fourth-order valence-electron chi connectivity index (χ4n) is 0.809. The predicted molar refractivity (Wildman–Crippen MR) is 54.9 cm³/mol. The van der Waals surface area contributed by atoms with Crippen molar-refractivity contribution >= 4 is 6.09 Å². The highest BCUT2D eigenvalue weighted by Gasteiger charge is 1.99. The van der Waals surface area contributed by atoms with Gasteiger partial charge in [-0.15, -0.1) is 0 Å². The van der Waals surface area contributed by atoms with Gasteiger partial charge in [0.15, 0.2) is 0 Å². The summed E-state index contributed by atoms with van der Waals surface area (Å²) >= 11 is 0. The molecule has 0 fully saturated rings. The Labute approximate surface area is 82.7 Å². The predicted octanol–water partition coefficient (Wildman–Crippen LogP) is 2.47. The fraction of sp³-hybridized carbons (Fsp3) is 0. The number of carbonyl (C=O) groups excluding carboxylic acids is 1. The van der Waals surface area contributed by atoms with Crippen LogP contribution >= 0.6 is 0 Å². The molecule has 3 nitrogen and oxygen atoms in total. The van der Waals surface area contributed by atoms with Crippen LogP contribution in [-0.2, 0) is 0 Å². The second-order valence-corrected chi connectivity index (χ2v) is 2.44. The van der Waals surface area contributed by atoms with Gasteiger partial charge in [0.2, 0.25) is 0 Å². The molecule has 0 atom stereocenters. The third-order valence-electron chi connectivity index (χ3n) is 1.39. The maximum atomic E-state index is 11.1. The van der Waals surface area contributed by atoms with Crippen molar-refractivity contribution in [1.82, 2.24) is 5.32 Å². The average molecular weight is 189 g/mol. The number of para-hydroxylation sites is 1. The van der Waals surface area contributed by atoms with Crippen LogP contribution in [0.4, 0.5) is 4.79 Å². The molecule has 0 aromatic heterocycles. The van der Waals surface area contributed by atoms with Crippen LogP contribution in [0.5, 0.6) is 5.75 Å². The first-order valence-electron chi connectivity index (χ1n) is 4.14. The first-order chi connectivity index (χ1) is 6.83. The summed E-state index contributed by atoms with van der Waals surface area (Å²) in [6.07, 6.45) is 4.10. The summed E-state index contributed by atoms with van der Waals surface area (Å²) in [6.45, 7) is 3.46. The normalized spacial score (nSPS) is 9.71. The van der Waals surface area contributed by atoms with Crippen LogP contribution in [0.15, 0.2) is 55.3 Å². The van der Waals surface area contributed by atoms with E-state index < -0.39 is 6.09 Å². The molecule has 14 heavy (non-hydrogen) atoms. The minimum absolute atomic E-state index is 0.511. The molecule has 3 heteroatoms. The highest BCUT2D eigenvalue weighted by atomic mass is 16.5. The number of allylic oxidation sites excluding steroid dienone is 2. The molecule has 0 heterocycles. The molecule has 1 amide bonds. The van der Waals surface area contributed by atoms with Crippen LogP contribution < -0.4 is 10.1 Å². The van der Waals surface area contributed by atoms with Crippen molar-refractivity contribution in [2.24, 2.45) is 0 Å². The Morgan fingerprint density at radius 1 is 1.36 bits per heavy atom. The van der Waals surface area contributed by atoms with Gasteiger partial charge in [-0.05, 0) is 18.2 Å². The largest absolute Gasteiger partial charge is 0.416 e. The smallest absolute Gasteiger partial charge is 0.410 e. The summed E-state index contributed by atoms with van der Waals surface area (Å²) in [5, 5.41) is 2.42. The van der Waals surface area contributed by atoms with Gasteiger partial charge < -0.3 is 4.74 Å². The summed E-state index contributed by atoms with van der Waals surface area (Å²) in [4.78, 5) is 11.1. The summed E-state index contributed by atoms with van der Waals surface area (Å²) in [6, 6.07) is 8.85. The number of hydrogen-bond donors (Lipinski definition) is 1. The third-order valence-corrected chi connectivity index (χ3v) is 1.39. The van der Waals surface area contributed by atoms with Gasteiger partial charge in [-0.25, -0.2) is 4.79 Å². The van der Waals surface area contributed by atoms with E-state index in [1.54, 1.807) is 36.4 Å². The molecule has 0 saturated carbocycles. The molecule has 0 saturated heterocycles. The van der Waals surface area contributed by atoms with Crippen molar-refractivity contribution in [2.75, 3.05) is 0 Å². The van der Waals surface area contributed by atoms with Gasteiger partial charge in [0.25, 0.3) is 0 Å². The maximum Gasteiger partial charge on any atom is 0.416 e. The molecule has 0 radical (unpaired) electrons. The second-order valence-electron chi connectivity index (χ2n) is 2.44. The lowest BCUT2D eigenvalue weighted by Gasteiger charge is -2.01. The number of rotatable bonds is 3. The lowest BCUT2D eigenvalue weighted by molar-refractivity contribution is 0.204. The van der Waals surface area contributed by atoms with Crippen LogP contribution in [0.25, 0.3) is 0 Å². The van der Waals surface area contributed by atoms with E-state index in [2.05, 4.69) is 11.9 Å². The molecule has 1 aromatic rings. The van der Waals surface area contributed by atoms with Crippen molar-refractivity contribution < 1.29 is 9.53 Å². The zero-order valence-corrected chi connectivity index (χ0v) is 7.64. The zero-order chi connectivity index (χ0) is 10.2. The van der Waals surface area contributed by atoms with Crippen LogP contribution in [-0.4, -0.2) is 6.09 Å². The number of hydrogen-bond acceptors (Lipinski definition) is 2. The summed E-state index contributed by atoms with van der Waals surface area (Å²) in [5.74, 6) is 0.511. The summed E-state index contributed by atoms with van der Waals surface area (Å²) in [7, 11) is 0.